The molecule has 0 bridgehead atoms. The van der Waals surface area contributed by atoms with Crippen LogP contribution in [0.4, 0.5) is 0 Å². The number of carbonyl (C=O) groups excluding carboxylic acids is 1. The molecule has 0 fully saturated rings. The minimum Gasteiger partial charge on any atom is -0.366 e. The van der Waals surface area contributed by atoms with Crippen molar-refractivity contribution in [1.29, 1.82) is 0 Å². The molecule has 2 aromatic rings. The van der Waals surface area contributed by atoms with Gasteiger partial charge in [-0.05, 0) is 30.5 Å². The van der Waals surface area contributed by atoms with E-state index >= 15 is 0 Å². The van der Waals surface area contributed by atoms with Crippen molar-refractivity contribution >= 4 is 5.91 Å². The Morgan fingerprint density at radius 3 is 2.65 bits per heavy atom. The fourth-order valence-electron chi connectivity index (χ4n) is 1.96. The standard InChI is InChI=1S/C16H17N3O/c1-2-3-4-5-10-19-12-15(11-18-19)13-6-8-14(9-7-13)16(17)20/h1,6-9,11-12H,3-5,10H2,(H2,17,20). The SMILES string of the molecule is C#CCCCCn1cc(-c2ccc(C(N)=O)cc2)cn1. The van der Waals surface area contributed by atoms with Crippen LogP contribution >= 0.6 is 0 Å². The lowest BCUT2D eigenvalue weighted by Gasteiger charge is -2.00. The minimum absolute atomic E-state index is 0.416. The van der Waals surface area contributed by atoms with Gasteiger partial charge in [0.15, 0.2) is 0 Å². The number of rotatable bonds is 6. The predicted octanol–water partition coefficient (Wildman–Crippen LogP) is 2.45. The molecule has 1 amide bonds. The first kappa shape index (κ1) is 13.9. The van der Waals surface area contributed by atoms with E-state index in [2.05, 4.69) is 11.0 Å². The largest absolute Gasteiger partial charge is 0.366 e. The lowest BCUT2D eigenvalue weighted by Crippen LogP contribution is -2.10. The zero-order valence-electron chi connectivity index (χ0n) is 11.2. The van der Waals surface area contributed by atoms with Crippen LogP contribution in [0.2, 0.25) is 0 Å². The Morgan fingerprint density at radius 1 is 1.25 bits per heavy atom. The molecule has 0 atom stereocenters. The van der Waals surface area contributed by atoms with Gasteiger partial charge in [0.05, 0.1) is 6.20 Å². The molecule has 1 aromatic carbocycles. The Labute approximate surface area is 118 Å². The lowest BCUT2D eigenvalue weighted by molar-refractivity contribution is 0.100. The van der Waals surface area contributed by atoms with E-state index < -0.39 is 5.91 Å². The summed E-state index contributed by atoms with van der Waals surface area (Å²) in [6, 6.07) is 7.20. The van der Waals surface area contributed by atoms with Gasteiger partial charge in [0.25, 0.3) is 0 Å². The van der Waals surface area contributed by atoms with Crippen LogP contribution in [0.5, 0.6) is 0 Å². The maximum atomic E-state index is 11.0. The number of amides is 1. The summed E-state index contributed by atoms with van der Waals surface area (Å²) in [6.45, 7) is 0.862. The number of aryl methyl sites for hydroxylation is 1. The number of nitrogens with zero attached hydrogens (tertiary/aromatic N) is 2. The monoisotopic (exact) mass is 267 g/mol. The topological polar surface area (TPSA) is 60.9 Å². The molecule has 0 unspecified atom stereocenters. The van der Waals surface area contributed by atoms with E-state index in [9.17, 15) is 4.79 Å². The van der Waals surface area contributed by atoms with Crippen LogP contribution in [0.25, 0.3) is 11.1 Å². The van der Waals surface area contributed by atoms with Gasteiger partial charge >= 0.3 is 0 Å². The Morgan fingerprint density at radius 2 is 2.00 bits per heavy atom. The summed E-state index contributed by atoms with van der Waals surface area (Å²) in [5.74, 6) is 2.22. The molecule has 0 saturated carbocycles. The predicted molar refractivity (Wildman–Crippen MR) is 78.9 cm³/mol. The van der Waals surface area contributed by atoms with E-state index in [1.807, 2.05) is 29.2 Å². The van der Waals surface area contributed by atoms with Gasteiger partial charge in [-0.15, -0.1) is 12.3 Å². The quantitative estimate of drug-likeness (QED) is 0.645. The van der Waals surface area contributed by atoms with Crippen LogP contribution in [-0.2, 0) is 6.54 Å². The Balaban J connectivity index is 2.01. The molecule has 1 heterocycles. The number of hydrogen-bond donors (Lipinski definition) is 1. The maximum absolute atomic E-state index is 11.0. The normalized spacial score (nSPS) is 10.2. The number of hydrogen-bond acceptors (Lipinski definition) is 2. The van der Waals surface area contributed by atoms with Crippen molar-refractivity contribution in [2.24, 2.45) is 5.73 Å². The van der Waals surface area contributed by atoms with Crippen molar-refractivity contribution in [2.75, 3.05) is 0 Å². The number of unbranched alkanes of at least 4 members (excludes halogenated alkanes) is 2. The van der Waals surface area contributed by atoms with Crippen LogP contribution in [-0.4, -0.2) is 15.7 Å². The van der Waals surface area contributed by atoms with Gasteiger partial charge in [-0.3, -0.25) is 9.48 Å². The highest BCUT2D eigenvalue weighted by atomic mass is 16.1. The van der Waals surface area contributed by atoms with Gasteiger partial charge in [-0.25, -0.2) is 0 Å². The second-order valence-electron chi connectivity index (χ2n) is 4.59. The number of aromatic nitrogens is 2. The summed E-state index contributed by atoms with van der Waals surface area (Å²) >= 11 is 0. The fourth-order valence-corrected chi connectivity index (χ4v) is 1.96. The first-order valence-electron chi connectivity index (χ1n) is 6.57. The Kier molecular flexibility index (Phi) is 4.56. The molecular formula is C16H17N3O. The van der Waals surface area contributed by atoms with E-state index in [4.69, 9.17) is 12.2 Å². The maximum Gasteiger partial charge on any atom is 0.248 e. The number of nitrogens with two attached hydrogens (primary N) is 1. The van der Waals surface area contributed by atoms with Crippen LogP contribution < -0.4 is 5.73 Å². The smallest absolute Gasteiger partial charge is 0.248 e. The van der Waals surface area contributed by atoms with E-state index in [-0.39, 0.29) is 0 Å². The van der Waals surface area contributed by atoms with Gasteiger partial charge < -0.3 is 5.73 Å². The summed E-state index contributed by atoms with van der Waals surface area (Å²) in [6.07, 6.45) is 11.9. The number of benzene rings is 1. The molecule has 4 heteroatoms. The fraction of sp³-hybridized carbons (Fsp3) is 0.250. The molecular weight excluding hydrogens is 250 g/mol. The van der Waals surface area contributed by atoms with Gasteiger partial charge in [0.1, 0.15) is 0 Å². The van der Waals surface area contributed by atoms with Crippen molar-refractivity contribution in [3.63, 3.8) is 0 Å². The van der Waals surface area contributed by atoms with Crippen LogP contribution in [0.15, 0.2) is 36.7 Å². The number of terminal acetylenes is 1. The highest BCUT2D eigenvalue weighted by Crippen LogP contribution is 2.19. The van der Waals surface area contributed by atoms with Gasteiger partial charge in [0.2, 0.25) is 5.91 Å². The third-order valence-electron chi connectivity index (χ3n) is 3.09. The highest BCUT2D eigenvalue weighted by Gasteiger charge is 2.04. The Bertz CT molecular complexity index is 620. The molecule has 0 aliphatic carbocycles. The van der Waals surface area contributed by atoms with Crippen LogP contribution in [0, 0.1) is 12.3 Å². The van der Waals surface area contributed by atoms with Gasteiger partial charge in [0, 0.05) is 30.3 Å². The first-order valence-corrected chi connectivity index (χ1v) is 6.57. The van der Waals surface area contributed by atoms with Crippen molar-refractivity contribution < 1.29 is 4.79 Å². The van der Waals surface area contributed by atoms with Gasteiger partial charge in [-0.2, -0.15) is 5.10 Å². The van der Waals surface area contributed by atoms with Crippen molar-refractivity contribution in [3.8, 4) is 23.5 Å². The summed E-state index contributed by atoms with van der Waals surface area (Å²) in [5, 5.41) is 4.32. The van der Waals surface area contributed by atoms with E-state index in [1.54, 1.807) is 12.1 Å². The summed E-state index contributed by atoms with van der Waals surface area (Å²) < 4.78 is 1.91. The molecule has 20 heavy (non-hydrogen) atoms. The lowest BCUT2D eigenvalue weighted by atomic mass is 10.1. The molecule has 0 aliphatic rings. The molecule has 0 saturated heterocycles. The number of carbonyl (C=O) groups is 1. The zero-order valence-corrected chi connectivity index (χ0v) is 11.2. The van der Waals surface area contributed by atoms with E-state index in [1.165, 1.54) is 0 Å². The van der Waals surface area contributed by atoms with Crippen molar-refractivity contribution in [3.05, 3.63) is 42.2 Å². The van der Waals surface area contributed by atoms with Crippen LogP contribution in [0.1, 0.15) is 29.6 Å². The third kappa shape index (κ3) is 3.48. The zero-order chi connectivity index (χ0) is 14.4. The van der Waals surface area contributed by atoms with Crippen molar-refractivity contribution in [2.45, 2.75) is 25.8 Å². The van der Waals surface area contributed by atoms with Crippen LogP contribution in [0.3, 0.4) is 0 Å². The van der Waals surface area contributed by atoms with Gasteiger partial charge in [-0.1, -0.05) is 12.1 Å². The molecule has 0 aliphatic heterocycles. The minimum atomic E-state index is -0.416. The third-order valence-corrected chi connectivity index (χ3v) is 3.09. The molecule has 2 rings (SSSR count). The molecule has 1 aromatic heterocycles. The summed E-state index contributed by atoms with van der Waals surface area (Å²) in [7, 11) is 0. The summed E-state index contributed by atoms with van der Waals surface area (Å²) in [4.78, 5) is 11.0. The number of primary amides is 1. The second kappa shape index (κ2) is 6.58. The highest BCUT2D eigenvalue weighted by molar-refractivity contribution is 5.93. The Hall–Kier alpha value is -2.54. The molecule has 2 N–H and O–H groups in total. The summed E-state index contributed by atoms with van der Waals surface area (Å²) in [5.41, 5.74) is 7.77. The average Bonchev–Trinajstić information content (AvgIpc) is 2.92. The second-order valence-corrected chi connectivity index (χ2v) is 4.59. The van der Waals surface area contributed by atoms with E-state index in [0.717, 1.165) is 36.9 Å². The van der Waals surface area contributed by atoms with Crippen molar-refractivity contribution in [1.82, 2.24) is 9.78 Å². The molecule has 0 radical (unpaired) electrons. The first-order chi connectivity index (χ1) is 9.70. The molecule has 4 nitrogen and oxygen atoms in total. The molecule has 0 spiro atoms. The van der Waals surface area contributed by atoms with E-state index in [0.29, 0.717) is 5.56 Å². The average molecular weight is 267 g/mol. The molecule has 102 valence electrons.